The molecule has 0 aliphatic carbocycles. The zero-order valence-corrected chi connectivity index (χ0v) is 10.5. The summed E-state index contributed by atoms with van der Waals surface area (Å²) < 4.78 is 0. The molecule has 0 atom stereocenters. The van der Waals surface area contributed by atoms with Crippen LogP contribution in [0.25, 0.3) is 11.0 Å². The number of halogens is 1. The number of nitrogens with one attached hydrogen (secondary N) is 2. The predicted molar refractivity (Wildman–Crippen MR) is 74.0 cm³/mol. The molecule has 6 heteroatoms. The average molecular weight is 273 g/mol. The van der Waals surface area contributed by atoms with E-state index in [0.29, 0.717) is 27.4 Å². The van der Waals surface area contributed by atoms with Crippen LogP contribution in [0.2, 0.25) is 5.02 Å². The normalized spacial score (nSPS) is 10.6. The van der Waals surface area contributed by atoms with Gasteiger partial charge in [0.05, 0.1) is 5.39 Å². The predicted octanol–water partition coefficient (Wildman–Crippen LogP) is 3.17. The molecule has 0 radical (unpaired) electrons. The third-order valence-corrected chi connectivity index (χ3v) is 2.95. The number of fused-ring (bicyclic) bond motifs is 1. The number of carbonyl (C=O) groups is 1. The van der Waals surface area contributed by atoms with Gasteiger partial charge in [0, 0.05) is 22.5 Å². The standard InChI is InChI=1S/C13H9ClN4O/c14-9-2-1-3-10(4-9)18-13-11-8(6-19)5-15-12(11)16-7-17-13/h1-7H,(H2,15,16,17,18). The van der Waals surface area contributed by atoms with Crippen LogP contribution in [0.15, 0.2) is 36.8 Å². The Morgan fingerprint density at radius 3 is 3.00 bits per heavy atom. The molecule has 2 aromatic heterocycles. The van der Waals surface area contributed by atoms with Crippen LogP contribution in [0.4, 0.5) is 11.5 Å². The van der Waals surface area contributed by atoms with Crippen LogP contribution >= 0.6 is 11.6 Å². The van der Waals surface area contributed by atoms with Gasteiger partial charge in [0.2, 0.25) is 0 Å². The molecule has 2 N–H and O–H groups in total. The van der Waals surface area contributed by atoms with E-state index in [9.17, 15) is 4.79 Å². The summed E-state index contributed by atoms with van der Waals surface area (Å²) in [7, 11) is 0. The lowest BCUT2D eigenvalue weighted by Crippen LogP contribution is -1.96. The molecule has 0 saturated carbocycles. The van der Waals surface area contributed by atoms with Gasteiger partial charge < -0.3 is 10.3 Å². The number of hydrogen-bond acceptors (Lipinski definition) is 4. The highest BCUT2D eigenvalue weighted by atomic mass is 35.5. The van der Waals surface area contributed by atoms with Gasteiger partial charge in [-0.3, -0.25) is 4.79 Å². The Balaban J connectivity index is 2.10. The van der Waals surface area contributed by atoms with E-state index in [1.165, 1.54) is 6.33 Å². The maximum Gasteiger partial charge on any atom is 0.152 e. The molecule has 0 unspecified atom stereocenters. The molecule has 94 valence electrons. The maximum absolute atomic E-state index is 11.0. The molecule has 3 aromatic rings. The fraction of sp³-hybridized carbons (Fsp3) is 0. The van der Waals surface area contributed by atoms with E-state index in [4.69, 9.17) is 11.6 Å². The number of carbonyl (C=O) groups excluding carboxylic acids is 1. The first-order chi connectivity index (χ1) is 9.28. The van der Waals surface area contributed by atoms with Gasteiger partial charge in [-0.25, -0.2) is 9.97 Å². The number of hydrogen-bond donors (Lipinski definition) is 2. The highest BCUT2D eigenvalue weighted by molar-refractivity contribution is 6.30. The highest BCUT2D eigenvalue weighted by Gasteiger charge is 2.10. The SMILES string of the molecule is O=Cc1c[nH]c2ncnc(Nc3cccc(Cl)c3)c12. The van der Waals surface area contributed by atoms with Crippen molar-refractivity contribution in [3.63, 3.8) is 0 Å². The molecule has 3 rings (SSSR count). The van der Waals surface area contributed by atoms with E-state index >= 15 is 0 Å². The van der Waals surface area contributed by atoms with Gasteiger partial charge in [0.1, 0.15) is 17.8 Å². The molecule has 0 aliphatic heterocycles. The summed E-state index contributed by atoms with van der Waals surface area (Å²) in [6.45, 7) is 0. The molecule has 2 heterocycles. The highest BCUT2D eigenvalue weighted by Crippen LogP contribution is 2.26. The van der Waals surface area contributed by atoms with E-state index in [0.717, 1.165) is 12.0 Å². The van der Waals surface area contributed by atoms with Crippen LogP contribution in [0.3, 0.4) is 0 Å². The number of H-pyrrole nitrogens is 1. The summed E-state index contributed by atoms with van der Waals surface area (Å²) in [5, 5.41) is 4.42. The molecule has 0 aliphatic rings. The Morgan fingerprint density at radius 2 is 2.21 bits per heavy atom. The molecule has 5 nitrogen and oxygen atoms in total. The Morgan fingerprint density at radius 1 is 1.32 bits per heavy atom. The van der Waals surface area contributed by atoms with Crippen molar-refractivity contribution < 1.29 is 4.79 Å². The smallest absolute Gasteiger partial charge is 0.152 e. The number of rotatable bonds is 3. The summed E-state index contributed by atoms with van der Waals surface area (Å²) >= 11 is 5.93. The zero-order valence-electron chi connectivity index (χ0n) is 9.72. The first-order valence-corrected chi connectivity index (χ1v) is 5.95. The van der Waals surface area contributed by atoms with Gasteiger partial charge in [-0.15, -0.1) is 0 Å². The van der Waals surface area contributed by atoms with Crippen molar-refractivity contribution in [3.8, 4) is 0 Å². The second-order valence-electron chi connectivity index (χ2n) is 3.94. The van der Waals surface area contributed by atoms with Crippen molar-refractivity contribution in [1.29, 1.82) is 0 Å². The number of benzene rings is 1. The Hall–Kier alpha value is -2.40. The van der Waals surface area contributed by atoms with Gasteiger partial charge in [0.15, 0.2) is 6.29 Å². The third-order valence-electron chi connectivity index (χ3n) is 2.71. The van der Waals surface area contributed by atoms with E-state index in [1.807, 2.05) is 12.1 Å². The molecule has 19 heavy (non-hydrogen) atoms. The molecular formula is C13H9ClN4O. The lowest BCUT2D eigenvalue weighted by Gasteiger charge is -2.07. The van der Waals surface area contributed by atoms with Crippen LogP contribution in [0, 0.1) is 0 Å². The summed E-state index contributed by atoms with van der Waals surface area (Å²) in [6, 6.07) is 7.27. The summed E-state index contributed by atoms with van der Waals surface area (Å²) in [6.07, 6.45) is 3.81. The van der Waals surface area contributed by atoms with E-state index in [1.54, 1.807) is 18.3 Å². The number of anilines is 2. The first-order valence-electron chi connectivity index (χ1n) is 5.58. The van der Waals surface area contributed by atoms with Crippen molar-refractivity contribution in [1.82, 2.24) is 15.0 Å². The van der Waals surface area contributed by atoms with Crippen LogP contribution in [-0.4, -0.2) is 21.2 Å². The molecule has 0 amide bonds. The lowest BCUT2D eigenvalue weighted by molar-refractivity contribution is 0.112. The Labute approximate surface area is 113 Å². The van der Waals surface area contributed by atoms with Crippen LogP contribution < -0.4 is 5.32 Å². The number of aldehydes is 1. The van der Waals surface area contributed by atoms with Gasteiger partial charge in [-0.1, -0.05) is 17.7 Å². The zero-order chi connectivity index (χ0) is 13.2. The average Bonchev–Trinajstić information content (AvgIpc) is 2.83. The molecule has 0 bridgehead atoms. The molecule has 0 saturated heterocycles. The number of nitrogens with zero attached hydrogens (tertiary/aromatic N) is 2. The van der Waals surface area contributed by atoms with E-state index in [2.05, 4.69) is 20.3 Å². The van der Waals surface area contributed by atoms with Crippen molar-refractivity contribution in [2.75, 3.05) is 5.32 Å². The molecular weight excluding hydrogens is 264 g/mol. The number of aromatic nitrogens is 3. The Bertz CT molecular complexity index is 753. The number of aromatic amines is 1. The summed E-state index contributed by atoms with van der Waals surface area (Å²) in [5.41, 5.74) is 1.92. The monoisotopic (exact) mass is 272 g/mol. The molecule has 1 aromatic carbocycles. The minimum atomic E-state index is 0.514. The van der Waals surface area contributed by atoms with Gasteiger partial charge >= 0.3 is 0 Å². The topological polar surface area (TPSA) is 70.7 Å². The largest absolute Gasteiger partial charge is 0.345 e. The van der Waals surface area contributed by atoms with Gasteiger partial charge in [-0.2, -0.15) is 0 Å². The second-order valence-corrected chi connectivity index (χ2v) is 4.38. The minimum Gasteiger partial charge on any atom is -0.345 e. The quantitative estimate of drug-likeness (QED) is 0.719. The van der Waals surface area contributed by atoms with Crippen LogP contribution in [0.1, 0.15) is 10.4 Å². The summed E-state index contributed by atoms with van der Waals surface area (Å²) in [5.74, 6) is 0.565. The summed E-state index contributed by atoms with van der Waals surface area (Å²) in [4.78, 5) is 22.2. The van der Waals surface area contributed by atoms with Crippen LogP contribution in [-0.2, 0) is 0 Å². The van der Waals surface area contributed by atoms with Crippen molar-refractivity contribution in [2.45, 2.75) is 0 Å². The fourth-order valence-electron chi connectivity index (χ4n) is 1.88. The molecule has 0 spiro atoms. The van der Waals surface area contributed by atoms with Gasteiger partial charge in [0.25, 0.3) is 0 Å². The second kappa shape index (κ2) is 4.70. The maximum atomic E-state index is 11.0. The van der Waals surface area contributed by atoms with Crippen molar-refractivity contribution >= 4 is 40.4 Å². The van der Waals surface area contributed by atoms with E-state index < -0.39 is 0 Å². The minimum absolute atomic E-state index is 0.514. The third kappa shape index (κ3) is 2.15. The van der Waals surface area contributed by atoms with E-state index in [-0.39, 0.29) is 0 Å². The molecule has 0 fully saturated rings. The Kier molecular flexibility index (Phi) is 2.89. The van der Waals surface area contributed by atoms with Gasteiger partial charge in [-0.05, 0) is 18.2 Å². The van der Waals surface area contributed by atoms with Crippen molar-refractivity contribution in [2.24, 2.45) is 0 Å². The van der Waals surface area contributed by atoms with Crippen molar-refractivity contribution in [3.05, 3.63) is 47.4 Å². The lowest BCUT2D eigenvalue weighted by atomic mass is 10.2. The fourth-order valence-corrected chi connectivity index (χ4v) is 2.07. The first kappa shape index (κ1) is 11.7. The van der Waals surface area contributed by atoms with Crippen LogP contribution in [0.5, 0.6) is 0 Å².